The highest BCUT2D eigenvalue weighted by molar-refractivity contribution is 5.89. The molecule has 2 saturated heterocycles. The topological polar surface area (TPSA) is 186 Å². The first-order valence-corrected chi connectivity index (χ1v) is 14.0. The van der Waals surface area contributed by atoms with Crippen molar-refractivity contribution < 1.29 is 14.4 Å². The van der Waals surface area contributed by atoms with Gasteiger partial charge in [-0.05, 0) is 62.9 Å². The summed E-state index contributed by atoms with van der Waals surface area (Å²) in [6.07, 6.45) is 3.03. The van der Waals surface area contributed by atoms with Gasteiger partial charge < -0.3 is 31.9 Å². The molecule has 3 aliphatic rings. The maximum atomic E-state index is 12.8. The molecule has 14 heteroatoms. The van der Waals surface area contributed by atoms with Crippen LogP contribution in [-0.4, -0.2) is 99.5 Å². The molecule has 5 rings (SSSR count). The highest BCUT2D eigenvalue weighted by Crippen LogP contribution is 2.56. The summed E-state index contributed by atoms with van der Waals surface area (Å²) in [7, 11) is 0. The minimum atomic E-state index is -0.965. The number of piperidine rings is 1. The molecule has 1 aromatic carbocycles. The monoisotopic (exact) mass is 601 g/mol. The Hall–Kier alpha value is -3.52. The molecule has 2 aromatic rings. The molecular weight excluding hydrogens is 562 g/mol. The Kier molecular flexibility index (Phi) is 8.97. The molecule has 1 aromatic heterocycles. The van der Waals surface area contributed by atoms with Crippen molar-refractivity contribution in [1.82, 2.24) is 24.3 Å². The van der Waals surface area contributed by atoms with Gasteiger partial charge in [0.05, 0.1) is 17.3 Å². The smallest absolute Gasteiger partial charge is 0.340 e. The third kappa shape index (κ3) is 6.43. The highest BCUT2D eigenvalue weighted by Gasteiger charge is 2.59. The van der Waals surface area contributed by atoms with Crippen molar-refractivity contribution in [2.75, 3.05) is 51.1 Å². The molecule has 13 nitrogen and oxygen atoms in total. The standard InChI is InChI=1S/C28H39N9O4.ClH/c1-27(2,31)24(39)34-9-11-35(12-10-34)25(40)32-22-7-8-37(26(41)33-22)20-5-3-18(4-6-20)13-21(30)23(38)36-15-19-14-28(19,16-29)17-36;/h3-8,19,21H,9-17,29-31H2,1-2H3,(H,32,33,40,41);1H. The molecule has 3 unspecified atom stereocenters. The normalized spacial score (nSPS) is 22.2. The Morgan fingerprint density at radius 3 is 2.29 bits per heavy atom. The van der Waals surface area contributed by atoms with Crippen molar-refractivity contribution in [3.63, 3.8) is 0 Å². The number of likely N-dealkylation sites (tertiary alicyclic amines) is 1. The van der Waals surface area contributed by atoms with Crippen LogP contribution in [0, 0.1) is 11.3 Å². The number of benzene rings is 1. The van der Waals surface area contributed by atoms with Crippen LogP contribution in [-0.2, 0) is 16.0 Å². The van der Waals surface area contributed by atoms with Gasteiger partial charge in [0.2, 0.25) is 11.8 Å². The lowest BCUT2D eigenvalue weighted by Crippen LogP contribution is -2.58. The fourth-order valence-electron chi connectivity index (χ4n) is 5.82. The van der Waals surface area contributed by atoms with Crippen LogP contribution in [0.2, 0.25) is 0 Å². The van der Waals surface area contributed by atoms with Crippen molar-refractivity contribution in [3.05, 3.63) is 52.6 Å². The average molecular weight is 602 g/mol. The van der Waals surface area contributed by atoms with Crippen LogP contribution in [0.4, 0.5) is 10.6 Å². The summed E-state index contributed by atoms with van der Waals surface area (Å²) in [5, 5.41) is 2.66. The summed E-state index contributed by atoms with van der Waals surface area (Å²) in [4.78, 5) is 59.7. The third-order valence-corrected chi connectivity index (χ3v) is 8.45. The predicted molar refractivity (Wildman–Crippen MR) is 160 cm³/mol. The van der Waals surface area contributed by atoms with Gasteiger partial charge in [-0.15, -0.1) is 12.4 Å². The number of hydrogen-bond acceptors (Lipinski definition) is 8. The zero-order valence-corrected chi connectivity index (χ0v) is 24.8. The van der Waals surface area contributed by atoms with Gasteiger partial charge >= 0.3 is 11.7 Å². The first-order valence-electron chi connectivity index (χ1n) is 14.0. The predicted octanol–water partition coefficient (Wildman–Crippen LogP) is -0.255. The molecule has 0 bridgehead atoms. The van der Waals surface area contributed by atoms with Crippen molar-refractivity contribution in [2.45, 2.75) is 38.3 Å². The molecule has 0 spiro atoms. The number of carbonyl (C=O) groups excluding carboxylic acids is 3. The van der Waals surface area contributed by atoms with Crippen LogP contribution in [0.1, 0.15) is 25.8 Å². The van der Waals surface area contributed by atoms with E-state index in [1.807, 2.05) is 17.0 Å². The lowest BCUT2D eigenvalue weighted by Gasteiger charge is -2.37. The minimum absolute atomic E-state index is 0. The molecule has 228 valence electrons. The molecule has 2 aliphatic heterocycles. The highest BCUT2D eigenvalue weighted by atomic mass is 35.5. The van der Waals surface area contributed by atoms with E-state index in [0.29, 0.717) is 57.3 Å². The molecule has 1 aliphatic carbocycles. The number of carbonyl (C=O) groups is 3. The van der Waals surface area contributed by atoms with Crippen LogP contribution in [0.25, 0.3) is 5.69 Å². The third-order valence-electron chi connectivity index (χ3n) is 8.45. The molecule has 1 saturated carbocycles. The van der Waals surface area contributed by atoms with Crippen LogP contribution < -0.4 is 28.2 Å². The van der Waals surface area contributed by atoms with Crippen LogP contribution in [0.5, 0.6) is 0 Å². The number of halogens is 1. The van der Waals surface area contributed by atoms with E-state index in [0.717, 1.165) is 18.5 Å². The molecule has 3 atom stereocenters. The summed E-state index contributed by atoms with van der Waals surface area (Å²) < 4.78 is 1.37. The molecule has 3 fully saturated rings. The van der Waals surface area contributed by atoms with E-state index >= 15 is 0 Å². The first-order chi connectivity index (χ1) is 19.4. The van der Waals surface area contributed by atoms with Crippen LogP contribution in [0.3, 0.4) is 0 Å². The first kappa shape index (κ1) is 31.4. The Labute approximate surface area is 250 Å². The van der Waals surface area contributed by atoms with Crippen molar-refractivity contribution in [1.29, 1.82) is 0 Å². The van der Waals surface area contributed by atoms with E-state index in [1.54, 1.807) is 48.0 Å². The number of piperazine rings is 1. The minimum Gasteiger partial charge on any atom is -0.340 e. The second-order valence-corrected chi connectivity index (χ2v) is 12.1. The van der Waals surface area contributed by atoms with E-state index in [4.69, 9.17) is 17.2 Å². The van der Waals surface area contributed by atoms with Gasteiger partial charge in [0.1, 0.15) is 5.82 Å². The Morgan fingerprint density at radius 2 is 1.71 bits per heavy atom. The number of nitrogens with zero attached hydrogens (tertiary/aromatic N) is 5. The number of hydrogen-bond donors (Lipinski definition) is 4. The molecule has 4 amide bonds. The average Bonchev–Trinajstić information content (AvgIpc) is 3.51. The van der Waals surface area contributed by atoms with E-state index < -0.39 is 23.3 Å². The Bertz CT molecular complexity index is 1380. The van der Waals surface area contributed by atoms with Gasteiger partial charge in [0.25, 0.3) is 0 Å². The summed E-state index contributed by atoms with van der Waals surface area (Å²) >= 11 is 0. The van der Waals surface area contributed by atoms with Gasteiger partial charge in [-0.1, -0.05) is 12.1 Å². The second-order valence-electron chi connectivity index (χ2n) is 12.1. The second kappa shape index (κ2) is 12.0. The van der Waals surface area contributed by atoms with Gasteiger partial charge in [0.15, 0.2) is 0 Å². The Balaban J connectivity index is 0.00000405. The number of fused-ring (bicyclic) bond motifs is 1. The van der Waals surface area contributed by atoms with Crippen LogP contribution >= 0.6 is 12.4 Å². The molecule has 42 heavy (non-hydrogen) atoms. The number of rotatable bonds is 7. The van der Waals surface area contributed by atoms with Gasteiger partial charge in [-0.25, -0.2) is 9.59 Å². The van der Waals surface area contributed by atoms with E-state index in [2.05, 4.69) is 10.3 Å². The number of nitrogens with two attached hydrogens (primary N) is 3. The summed E-state index contributed by atoms with van der Waals surface area (Å²) in [5.74, 6) is 0.426. The SMILES string of the molecule is CC(C)(N)C(=O)N1CCN(C(=O)Nc2ccn(-c3ccc(CC(N)C(=O)N4CC5CC5(CN)C4)cc3)c(=O)n2)CC1.Cl. The van der Waals surface area contributed by atoms with Crippen molar-refractivity contribution in [3.8, 4) is 5.69 Å². The maximum Gasteiger partial charge on any atom is 0.354 e. The number of anilines is 1. The lowest BCUT2D eigenvalue weighted by molar-refractivity contribution is -0.137. The fourth-order valence-corrected chi connectivity index (χ4v) is 5.82. The summed E-state index contributed by atoms with van der Waals surface area (Å²) in [5.41, 5.74) is 18.1. The zero-order chi connectivity index (χ0) is 29.5. The van der Waals surface area contributed by atoms with Crippen LogP contribution in [0.15, 0.2) is 41.3 Å². The number of aromatic nitrogens is 2. The Morgan fingerprint density at radius 1 is 1.07 bits per heavy atom. The quantitative estimate of drug-likeness (QED) is 0.334. The molecular formula is C28H40ClN9O4. The molecule has 0 radical (unpaired) electrons. The summed E-state index contributed by atoms with van der Waals surface area (Å²) in [6, 6.07) is 7.72. The largest absolute Gasteiger partial charge is 0.354 e. The molecule has 7 N–H and O–H groups in total. The summed E-state index contributed by atoms with van der Waals surface area (Å²) in [6.45, 7) is 6.80. The number of amides is 4. The zero-order valence-electron chi connectivity index (χ0n) is 24.0. The van der Waals surface area contributed by atoms with Gasteiger partial charge in [-0.2, -0.15) is 4.98 Å². The molecule has 3 heterocycles. The maximum absolute atomic E-state index is 12.8. The number of nitrogens with one attached hydrogen (secondary N) is 1. The lowest BCUT2D eigenvalue weighted by atomic mass is 10.0. The van der Waals surface area contributed by atoms with Crippen molar-refractivity contribution >= 4 is 36.1 Å². The van der Waals surface area contributed by atoms with Gasteiger partial charge in [0, 0.05) is 50.9 Å². The van der Waals surface area contributed by atoms with E-state index in [1.165, 1.54) is 4.57 Å². The van der Waals surface area contributed by atoms with E-state index in [9.17, 15) is 19.2 Å². The van der Waals surface area contributed by atoms with Crippen molar-refractivity contribution in [2.24, 2.45) is 28.5 Å². The van der Waals surface area contributed by atoms with Gasteiger partial charge in [-0.3, -0.25) is 19.5 Å². The number of urea groups is 1. The fraction of sp³-hybridized carbons (Fsp3) is 0.536. The van der Waals surface area contributed by atoms with E-state index in [-0.39, 0.29) is 35.5 Å².